The van der Waals surface area contributed by atoms with Crippen LogP contribution in [0.5, 0.6) is 0 Å². The van der Waals surface area contributed by atoms with Crippen LogP contribution < -0.4 is 5.11 Å². The molecule has 0 N–H and O–H groups in total. The highest BCUT2D eigenvalue weighted by Gasteiger charge is 2.22. The molecule has 9 nitrogen and oxygen atoms in total. The highest BCUT2D eigenvalue weighted by Crippen LogP contribution is 2.19. The first-order valence-electron chi connectivity index (χ1n) is 40.7. The molecule has 0 heterocycles. The van der Waals surface area contributed by atoms with Gasteiger partial charge < -0.3 is 33.3 Å². The Balaban J connectivity index is 4.04. The second-order valence-corrected chi connectivity index (χ2v) is 28.3. The Labute approximate surface area is 599 Å². The van der Waals surface area contributed by atoms with Crippen molar-refractivity contribution in [1.82, 2.24) is 0 Å². The Morgan fingerprint density at radius 1 is 0.320 bits per heavy atom. The minimum atomic E-state index is -1.64. The third kappa shape index (κ3) is 78.9. The summed E-state index contributed by atoms with van der Waals surface area (Å²) in [6.45, 7) is 4.62. The average molecular weight is 1350 g/mol. The lowest BCUT2D eigenvalue weighted by molar-refractivity contribution is -0.870. The summed E-state index contributed by atoms with van der Waals surface area (Å²) in [4.78, 5) is 37.6. The maximum Gasteiger partial charge on any atom is 0.306 e. The topological polar surface area (TPSA) is 111 Å². The van der Waals surface area contributed by atoms with E-state index in [2.05, 4.69) is 135 Å². The Morgan fingerprint density at radius 3 is 0.897 bits per heavy atom. The molecule has 558 valence electrons. The van der Waals surface area contributed by atoms with E-state index < -0.39 is 24.3 Å². The van der Waals surface area contributed by atoms with Crippen LogP contribution in [0.25, 0.3) is 0 Å². The van der Waals surface area contributed by atoms with Crippen molar-refractivity contribution in [3.63, 3.8) is 0 Å². The number of nitrogens with zero attached hydrogens (tertiary/aromatic N) is 1. The quantitative estimate of drug-likeness (QED) is 0.0195. The molecule has 0 saturated heterocycles. The van der Waals surface area contributed by atoms with Crippen molar-refractivity contribution in [3.05, 3.63) is 122 Å². The second kappa shape index (κ2) is 77.4. The molecule has 0 amide bonds. The molecule has 0 bridgehead atoms. The monoisotopic (exact) mass is 1350 g/mol. The number of carbonyl (C=O) groups is 3. The molecule has 2 unspecified atom stereocenters. The fraction of sp³-hybridized carbons (Fsp3) is 0.739. The van der Waals surface area contributed by atoms with Crippen molar-refractivity contribution in [3.8, 4) is 0 Å². The number of rotatable bonds is 75. The lowest BCUT2D eigenvalue weighted by Crippen LogP contribution is -2.44. The number of hydrogen-bond acceptors (Lipinski definition) is 8. The first-order valence-corrected chi connectivity index (χ1v) is 40.7. The zero-order chi connectivity index (χ0) is 70.4. The molecule has 0 spiro atoms. The molecule has 0 aromatic rings. The molecule has 9 heteroatoms. The number of carboxylic acids is 1. The van der Waals surface area contributed by atoms with E-state index in [-0.39, 0.29) is 38.6 Å². The van der Waals surface area contributed by atoms with Crippen LogP contribution in [-0.2, 0) is 33.3 Å². The maximum atomic E-state index is 12.9. The minimum Gasteiger partial charge on any atom is -0.545 e. The Kier molecular flexibility index (Phi) is 74.0. The van der Waals surface area contributed by atoms with Gasteiger partial charge >= 0.3 is 11.9 Å². The predicted octanol–water partition coefficient (Wildman–Crippen LogP) is 24.9. The van der Waals surface area contributed by atoms with E-state index in [1.807, 2.05) is 21.1 Å². The second-order valence-electron chi connectivity index (χ2n) is 28.3. The van der Waals surface area contributed by atoms with E-state index in [1.54, 1.807) is 0 Å². The fourth-order valence-corrected chi connectivity index (χ4v) is 11.5. The highest BCUT2D eigenvalue weighted by molar-refractivity contribution is 5.70. The van der Waals surface area contributed by atoms with E-state index in [1.165, 1.54) is 231 Å². The van der Waals surface area contributed by atoms with Crippen molar-refractivity contribution in [2.75, 3.05) is 47.5 Å². The molecular weight excluding hydrogens is 1200 g/mol. The summed E-state index contributed by atoms with van der Waals surface area (Å²) in [5.41, 5.74) is 0. The number of likely N-dealkylation sites (N-methyl/N-ethyl adjacent to an activating group) is 1. The number of carboxylic acid groups (broad SMARTS) is 1. The molecule has 0 aromatic heterocycles. The highest BCUT2D eigenvalue weighted by atomic mass is 16.7. The van der Waals surface area contributed by atoms with Crippen molar-refractivity contribution >= 4 is 17.9 Å². The van der Waals surface area contributed by atoms with Gasteiger partial charge in [-0.2, -0.15) is 0 Å². The standard InChI is InChI=1S/C88H153NO8/c1-6-8-10-12-14-16-18-20-22-24-26-28-30-32-34-36-38-39-40-41-42-43-44-45-46-47-49-50-52-54-56-58-60-62-64-66-68-70-72-74-76-78-85(90)95-82-84(83-96-88(87(92)93)94-81-80-89(3,4)5)97-86(91)79-77-75-73-71-69-67-65-63-61-59-57-55-53-51-48-37-35-33-31-29-27-25-23-21-19-17-15-13-11-9-7-2/h9,11,15,17,21,23-24,26-27,29,33,35,48,51,55,57,61,63,67,69,84,88H,6-8,10,12-14,16,18-20,22,25,28,30-32,34,36-47,49-50,52-54,56,58-60,62,64-66,68,70-83H2,1-5H3/b11-9-,17-15-,23-21-,26-24-,29-27-,35-33-,51-48-,57-55-,63-61-,69-67-. The van der Waals surface area contributed by atoms with Crippen LogP contribution in [0.15, 0.2) is 122 Å². The molecular formula is C88H153NO8. The molecule has 0 rings (SSSR count). The van der Waals surface area contributed by atoms with Crippen LogP contribution in [0.4, 0.5) is 0 Å². The van der Waals surface area contributed by atoms with Crippen LogP contribution in [0.3, 0.4) is 0 Å². The van der Waals surface area contributed by atoms with E-state index >= 15 is 0 Å². The van der Waals surface area contributed by atoms with Crippen molar-refractivity contribution in [2.24, 2.45) is 0 Å². The van der Waals surface area contributed by atoms with Crippen LogP contribution in [-0.4, -0.2) is 82.3 Å². The molecule has 0 aromatic carbocycles. The number of carbonyl (C=O) groups excluding carboxylic acids is 3. The van der Waals surface area contributed by atoms with Crippen molar-refractivity contribution < 1.29 is 42.9 Å². The van der Waals surface area contributed by atoms with E-state index in [9.17, 15) is 19.5 Å². The number of aliphatic carboxylic acids is 1. The summed E-state index contributed by atoms with van der Waals surface area (Å²) in [6, 6.07) is 0. The van der Waals surface area contributed by atoms with Gasteiger partial charge in [0.15, 0.2) is 12.4 Å². The van der Waals surface area contributed by atoms with Gasteiger partial charge in [0.05, 0.1) is 40.3 Å². The number of quaternary nitrogens is 1. The lowest BCUT2D eigenvalue weighted by Gasteiger charge is -2.26. The van der Waals surface area contributed by atoms with Crippen LogP contribution >= 0.6 is 0 Å². The number of allylic oxidation sites excluding steroid dienone is 20. The van der Waals surface area contributed by atoms with Gasteiger partial charge in [0.2, 0.25) is 0 Å². The maximum absolute atomic E-state index is 12.9. The van der Waals surface area contributed by atoms with Crippen LogP contribution in [0, 0.1) is 0 Å². The Hall–Kier alpha value is -4.31. The molecule has 2 atom stereocenters. The first-order chi connectivity index (χ1) is 47.6. The number of unbranched alkanes of at least 4 members (excludes halogenated alkanes) is 40. The number of esters is 2. The molecule has 0 saturated carbocycles. The molecule has 0 aliphatic carbocycles. The zero-order valence-corrected chi connectivity index (χ0v) is 63.9. The van der Waals surface area contributed by atoms with Gasteiger partial charge in [0.25, 0.3) is 0 Å². The van der Waals surface area contributed by atoms with Gasteiger partial charge in [-0.15, -0.1) is 0 Å². The molecule has 0 radical (unpaired) electrons. The van der Waals surface area contributed by atoms with Gasteiger partial charge in [-0.25, -0.2) is 0 Å². The summed E-state index contributed by atoms with van der Waals surface area (Å²) in [5.74, 6) is -2.32. The van der Waals surface area contributed by atoms with Gasteiger partial charge in [-0.05, 0) is 109 Å². The third-order valence-electron chi connectivity index (χ3n) is 17.7. The van der Waals surface area contributed by atoms with E-state index in [4.69, 9.17) is 18.9 Å². The molecule has 97 heavy (non-hydrogen) atoms. The van der Waals surface area contributed by atoms with Gasteiger partial charge in [-0.3, -0.25) is 9.59 Å². The summed E-state index contributed by atoms with van der Waals surface area (Å²) < 4.78 is 22.8. The molecule has 0 fully saturated rings. The summed E-state index contributed by atoms with van der Waals surface area (Å²) >= 11 is 0. The average Bonchev–Trinajstić information content (AvgIpc) is 2.39. The van der Waals surface area contributed by atoms with Crippen LogP contribution in [0.1, 0.15) is 361 Å². The number of hydrogen-bond donors (Lipinski definition) is 0. The Bertz CT molecular complexity index is 2020. The number of ether oxygens (including phenoxy) is 4. The molecule has 0 aliphatic heterocycles. The predicted molar refractivity (Wildman–Crippen MR) is 417 cm³/mol. The lowest BCUT2D eigenvalue weighted by atomic mass is 10.0. The first kappa shape index (κ1) is 92.7. The van der Waals surface area contributed by atoms with Crippen molar-refractivity contribution in [1.29, 1.82) is 0 Å². The van der Waals surface area contributed by atoms with Gasteiger partial charge in [-0.1, -0.05) is 360 Å². The van der Waals surface area contributed by atoms with Crippen LogP contribution in [0.2, 0.25) is 0 Å². The normalized spacial score (nSPS) is 13.3. The minimum absolute atomic E-state index is 0.136. The SMILES string of the molecule is CC/C=C\C/C=C\C/C=C\C/C=C\C/C=C\C/C=C\C/C=C\C/C=C\C/C=C\CCCCCC(=O)OC(COC(=O)CCCCCCCCCCCCCCCCCCCCCCCCCCCCCCC/C=C\CCCCCCCCCC)COC(OCC[N+](C)(C)C)C(=O)[O-]. The third-order valence-corrected chi connectivity index (χ3v) is 17.7. The van der Waals surface area contributed by atoms with Crippen molar-refractivity contribution in [2.45, 2.75) is 373 Å². The largest absolute Gasteiger partial charge is 0.545 e. The van der Waals surface area contributed by atoms with Gasteiger partial charge in [0.1, 0.15) is 13.2 Å². The summed E-state index contributed by atoms with van der Waals surface area (Å²) in [5, 5.41) is 11.9. The molecule has 0 aliphatic rings. The smallest absolute Gasteiger partial charge is 0.306 e. The summed E-state index contributed by atoms with van der Waals surface area (Å²) in [7, 11) is 5.92. The summed E-state index contributed by atoms with van der Waals surface area (Å²) in [6.07, 6.45) is 108. The Morgan fingerprint density at radius 2 is 0.588 bits per heavy atom. The van der Waals surface area contributed by atoms with E-state index in [0.717, 1.165) is 96.3 Å². The van der Waals surface area contributed by atoms with E-state index in [0.29, 0.717) is 17.4 Å². The fourth-order valence-electron chi connectivity index (χ4n) is 11.5. The van der Waals surface area contributed by atoms with Gasteiger partial charge in [0, 0.05) is 12.8 Å². The zero-order valence-electron chi connectivity index (χ0n) is 63.9.